The summed E-state index contributed by atoms with van der Waals surface area (Å²) in [6, 6.07) is 0. The molecule has 0 amide bonds. The van der Waals surface area contributed by atoms with Crippen LogP contribution in [-0.4, -0.2) is 31.6 Å². The summed E-state index contributed by atoms with van der Waals surface area (Å²) in [7, 11) is 3.79. The number of thiophene rings is 1. The highest BCUT2D eigenvalue weighted by molar-refractivity contribution is 7.16. The second-order valence-corrected chi connectivity index (χ2v) is 6.35. The van der Waals surface area contributed by atoms with Crippen LogP contribution in [0.3, 0.4) is 0 Å². The average Bonchev–Trinajstić information content (AvgIpc) is 2.75. The van der Waals surface area contributed by atoms with E-state index in [1.165, 1.54) is 0 Å². The van der Waals surface area contributed by atoms with Gasteiger partial charge in [0.15, 0.2) is 0 Å². The van der Waals surface area contributed by atoms with E-state index in [0.29, 0.717) is 5.69 Å². The number of rotatable bonds is 3. The van der Waals surface area contributed by atoms with Crippen molar-refractivity contribution in [2.75, 3.05) is 14.1 Å². The monoisotopic (exact) mass is 275 g/mol. The standard InChI is InChI=1S/C14H17N3OS/c1-14(8-18)7-5-6-10-11(14)12(15-2)13(19-10)16-9-17(3)4/h8-9H,5-7H2,1,3-4H3/t14-/m1/s1. The molecule has 0 aromatic carbocycles. The SMILES string of the molecule is [C-]#[N+]c1c(N=CN(C)C)sc2c1[C@@](C)(C=O)CCC2. The molecule has 0 aliphatic heterocycles. The Morgan fingerprint density at radius 3 is 2.84 bits per heavy atom. The van der Waals surface area contributed by atoms with E-state index >= 15 is 0 Å². The largest absolute Gasteiger partial charge is 0.369 e. The predicted molar refractivity (Wildman–Crippen MR) is 78.8 cm³/mol. The van der Waals surface area contributed by atoms with Crippen LogP contribution >= 0.6 is 11.3 Å². The van der Waals surface area contributed by atoms with Crippen molar-refractivity contribution >= 4 is 34.6 Å². The molecule has 100 valence electrons. The highest BCUT2D eigenvalue weighted by Gasteiger charge is 2.37. The van der Waals surface area contributed by atoms with Gasteiger partial charge in [0.25, 0.3) is 0 Å². The first kappa shape index (κ1) is 13.8. The van der Waals surface area contributed by atoms with Gasteiger partial charge in [0.05, 0.1) is 12.9 Å². The minimum atomic E-state index is -0.518. The van der Waals surface area contributed by atoms with Crippen LogP contribution in [0.15, 0.2) is 4.99 Å². The van der Waals surface area contributed by atoms with Crippen molar-refractivity contribution in [2.45, 2.75) is 31.6 Å². The number of carbonyl (C=O) groups is 1. The van der Waals surface area contributed by atoms with Crippen molar-refractivity contribution in [3.05, 3.63) is 21.9 Å². The minimum absolute atomic E-state index is 0.518. The molecule has 5 heteroatoms. The van der Waals surface area contributed by atoms with Crippen molar-refractivity contribution in [3.63, 3.8) is 0 Å². The van der Waals surface area contributed by atoms with E-state index in [1.807, 2.05) is 25.9 Å². The lowest BCUT2D eigenvalue weighted by Crippen LogP contribution is -2.27. The fourth-order valence-electron chi connectivity index (χ4n) is 2.44. The molecule has 2 rings (SSSR count). The van der Waals surface area contributed by atoms with Gasteiger partial charge in [-0.1, -0.05) is 0 Å². The van der Waals surface area contributed by atoms with Crippen molar-refractivity contribution in [2.24, 2.45) is 4.99 Å². The minimum Gasteiger partial charge on any atom is -0.369 e. The number of nitrogens with zero attached hydrogens (tertiary/aromatic N) is 3. The van der Waals surface area contributed by atoms with Crippen LogP contribution in [0.5, 0.6) is 0 Å². The normalized spacial score (nSPS) is 22.0. The molecule has 0 unspecified atom stereocenters. The van der Waals surface area contributed by atoms with Crippen molar-refractivity contribution in [1.29, 1.82) is 0 Å². The lowest BCUT2D eigenvalue weighted by atomic mass is 9.75. The first-order valence-corrected chi connectivity index (χ1v) is 7.04. The number of hydrogen-bond acceptors (Lipinski definition) is 3. The summed E-state index contributed by atoms with van der Waals surface area (Å²) in [5.74, 6) is 0. The number of aryl methyl sites for hydroxylation is 1. The van der Waals surface area contributed by atoms with Crippen molar-refractivity contribution in [1.82, 2.24) is 4.90 Å². The third kappa shape index (κ3) is 2.41. The van der Waals surface area contributed by atoms with Gasteiger partial charge >= 0.3 is 0 Å². The number of carbonyl (C=O) groups excluding carboxylic acids is 1. The zero-order valence-corrected chi connectivity index (χ0v) is 12.3. The molecule has 0 radical (unpaired) electrons. The Hall–Kier alpha value is -1.67. The van der Waals surface area contributed by atoms with Gasteiger partial charge in [0, 0.05) is 19.5 Å². The summed E-state index contributed by atoms with van der Waals surface area (Å²) in [5, 5.41) is 0.726. The van der Waals surface area contributed by atoms with E-state index in [0.717, 1.165) is 41.0 Å². The summed E-state index contributed by atoms with van der Waals surface area (Å²) >= 11 is 1.55. The molecule has 1 aliphatic carbocycles. The van der Waals surface area contributed by atoms with Gasteiger partial charge in [-0.25, -0.2) is 9.84 Å². The third-order valence-corrected chi connectivity index (χ3v) is 4.53. The summed E-state index contributed by atoms with van der Waals surface area (Å²) in [6.45, 7) is 9.34. The van der Waals surface area contributed by atoms with Crippen LogP contribution in [0.1, 0.15) is 30.2 Å². The number of fused-ring (bicyclic) bond motifs is 1. The van der Waals surface area contributed by atoms with Crippen molar-refractivity contribution < 1.29 is 4.79 Å². The van der Waals surface area contributed by atoms with Crippen LogP contribution in [-0.2, 0) is 16.6 Å². The van der Waals surface area contributed by atoms with Gasteiger partial charge in [-0.05, 0) is 36.6 Å². The van der Waals surface area contributed by atoms with E-state index in [1.54, 1.807) is 17.7 Å². The van der Waals surface area contributed by atoms with E-state index in [4.69, 9.17) is 6.57 Å². The quantitative estimate of drug-likeness (QED) is 0.367. The summed E-state index contributed by atoms with van der Waals surface area (Å²) in [5.41, 5.74) is 0.961. The Labute approximate surface area is 117 Å². The fraction of sp³-hybridized carbons (Fsp3) is 0.500. The molecular formula is C14H17N3OS. The predicted octanol–water partition coefficient (Wildman–Crippen LogP) is 3.31. The summed E-state index contributed by atoms with van der Waals surface area (Å²) in [4.78, 5) is 22.4. The van der Waals surface area contributed by atoms with Gasteiger partial charge in [0.2, 0.25) is 5.69 Å². The number of aldehydes is 1. The molecule has 1 atom stereocenters. The van der Waals surface area contributed by atoms with Gasteiger partial charge in [-0.15, -0.1) is 11.3 Å². The zero-order chi connectivity index (χ0) is 14.0. The average molecular weight is 275 g/mol. The van der Waals surface area contributed by atoms with Crippen molar-refractivity contribution in [3.8, 4) is 0 Å². The number of hydrogen-bond donors (Lipinski definition) is 0. The molecule has 0 saturated heterocycles. The molecule has 0 N–H and O–H groups in total. The van der Waals surface area contributed by atoms with E-state index < -0.39 is 5.41 Å². The molecule has 4 nitrogen and oxygen atoms in total. The lowest BCUT2D eigenvalue weighted by molar-refractivity contribution is -0.112. The Morgan fingerprint density at radius 1 is 1.53 bits per heavy atom. The van der Waals surface area contributed by atoms with E-state index in [9.17, 15) is 4.79 Å². The Morgan fingerprint density at radius 2 is 2.26 bits per heavy atom. The van der Waals surface area contributed by atoms with Gasteiger partial charge < -0.3 is 9.69 Å². The highest BCUT2D eigenvalue weighted by Crippen LogP contribution is 2.51. The van der Waals surface area contributed by atoms with Crippen LogP contribution < -0.4 is 0 Å². The summed E-state index contributed by atoms with van der Waals surface area (Å²) in [6.07, 6.45) is 5.45. The maximum atomic E-state index is 11.4. The second-order valence-electron chi connectivity index (χ2n) is 5.26. The van der Waals surface area contributed by atoms with E-state index in [-0.39, 0.29) is 0 Å². The first-order chi connectivity index (χ1) is 9.01. The topological polar surface area (TPSA) is 37.0 Å². The molecule has 1 heterocycles. The molecule has 1 aliphatic rings. The Kier molecular flexibility index (Phi) is 3.72. The lowest BCUT2D eigenvalue weighted by Gasteiger charge is -2.29. The highest BCUT2D eigenvalue weighted by atomic mass is 32.1. The fourth-order valence-corrected chi connectivity index (χ4v) is 3.69. The Balaban J connectivity index is 2.57. The maximum absolute atomic E-state index is 11.4. The molecule has 0 spiro atoms. The zero-order valence-electron chi connectivity index (χ0n) is 11.4. The van der Waals surface area contributed by atoms with Gasteiger partial charge in [-0.2, -0.15) is 0 Å². The molecule has 0 fully saturated rings. The van der Waals surface area contributed by atoms with Crippen LogP contribution in [0.25, 0.3) is 4.85 Å². The second kappa shape index (κ2) is 5.14. The molecule has 1 aromatic heterocycles. The first-order valence-electron chi connectivity index (χ1n) is 6.22. The van der Waals surface area contributed by atoms with Crippen LogP contribution in [0.4, 0.5) is 10.7 Å². The smallest absolute Gasteiger partial charge is 0.227 e. The molecule has 19 heavy (non-hydrogen) atoms. The summed E-state index contributed by atoms with van der Waals surface area (Å²) < 4.78 is 0. The maximum Gasteiger partial charge on any atom is 0.227 e. The van der Waals surface area contributed by atoms with Gasteiger partial charge in [0.1, 0.15) is 11.3 Å². The van der Waals surface area contributed by atoms with E-state index in [2.05, 4.69) is 9.84 Å². The molecule has 0 bridgehead atoms. The Bertz CT molecular complexity index is 568. The molecule has 0 saturated carbocycles. The van der Waals surface area contributed by atoms with Gasteiger partial charge in [-0.3, -0.25) is 0 Å². The molecular weight excluding hydrogens is 258 g/mol. The molecule has 1 aromatic rings. The number of aliphatic imine (C=N–C) groups is 1. The third-order valence-electron chi connectivity index (χ3n) is 3.39. The van der Waals surface area contributed by atoms with Crippen LogP contribution in [0, 0.1) is 6.57 Å². The van der Waals surface area contributed by atoms with Crippen LogP contribution in [0.2, 0.25) is 0 Å².